The van der Waals surface area contributed by atoms with Crippen molar-refractivity contribution in [3.8, 4) is 11.3 Å². The molecule has 2 aromatic heterocycles. The fraction of sp³-hybridized carbons (Fsp3) is 0.417. The van der Waals surface area contributed by atoms with Crippen LogP contribution < -0.4 is 0 Å². The summed E-state index contributed by atoms with van der Waals surface area (Å²) in [6, 6.07) is 1.98. The van der Waals surface area contributed by atoms with E-state index in [9.17, 15) is 5.11 Å². The van der Waals surface area contributed by atoms with Crippen LogP contribution in [0.1, 0.15) is 30.2 Å². The number of nitrogens with zero attached hydrogens (tertiary/aromatic N) is 2. The van der Waals surface area contributed by atoms with Crippen LogP contribution in [0.15, 0.2) is 18.5 Å². The Morgan fingerprint density at radius 2 is 2.44 bits per heavy atom. The number of aromatic nitrogens is 3. The predicted molar refractivity (Wildman–Crippen MR) is 60.9 cm³/mol. The first-order valence-electron chi connectivity index (χ1n) is 5.64. The number of hydrogen-bond acceptors (Lipinski definition) is 2. The van der Waals surface area contributed by atoms with Gasteiger partial charge in [0.1, 0.15) is 0 Å². The molecular weight excluding hydrogens is 202 g/mol. The molecule has 2 heterocycles. The highest BCUT2D eigenvalue weighted by Crippen LogP contribution is 2.36. The van der Waals surface area contributed by atoms with Gasteiger partial charge in [-0.1, -0.05) is 0 Å². The summed E-state index contributed by atoms with van der Waals surface area (Å²) in [5.41, 5.74) is 4.38. The van der Waals surface area contributed by atoms with E-state index in [1.807, 2.05) is 24.0 Å². The molecule has 0 amide bonds. The molecule has 0 aromatic carbocycles. The highest BCUT2D eigenvalue weighted by atomic mass is 16.3. The lowest BCUT2D eigenvalue weighted by molar-refractivity contribution is 0.157. The van der Waals surface area contributed by atoms with Crippen LogP contribution in [-0.4, -0.2) is 19.9 Å². The molecule has 0 aliphatic heterocycles. The standard InChI is InChI=1S/C12H15N3O/c1-15-10(5-6-14-15)8-7-13-9-3-2-4-11(16)12(8)9/h5-7,11,13,16H,2-4H2,1H3. The minimum atomic E-state index is -0.333. The first-order chi connectivity index (χ1) is 7.77. The van der Waals surface area contributed by atoms with Crippen molar-refractivity contribution in [2.24, 2.45) is 7.05 Å². The van der Waals surface area contributed by atoms with E-state index in [0.717, 1.165) is 36.1 Å². The van der Waals surface area contributed by atoms with Gasteiger partial charge in [0.15, 0.2) is 0 Å². The maximum absolute atomic E-state index is 10.1. The van der Waals surface area contributed by atoms with Crippen LogP contribution in [0.5, 0.6) is 0 Å². The third-order valence-electron chi connectivity index (χ3n) is 3.34. The molecule has 84 valence electrons. The third kappa shape index (κ3) is 1.30. The van der Waals surface area contributed by atoms with E-state index in [1.165, 1.54) is 5.69 Å². The molecule has 0 saturated carbocycles. The summed E-state index contributed by atoms with van der Waals surface area (Å²) >= 11 is 0. The van der Waals surface area contributed by atoms with E-state index in [1.54, 1.807) is 6.20 Å². The second-order valence-electron chi connectivity index (χ2n) is 4.34. The summed E-state index contributed by atoms with van der Waals surface area (Å²) in [4.78, 5) is 3.27. The Morgan fingerprint density at radius 3 is 3.19 bits per heavy atom. The van der Waals surface area contributed by atoms with E-state index >= 15 is 0 Å². The summed E-state index contributed by atoms with van der Waals surface area (Å²) < 4.78 is 1.84. The molecule has 4 nitrogen and oxygen atoms in total. The van der Waals surface area contributed by atoms with Gasteiger partial charge in [-0.05, 0) is 25.3 Å². The van der Waals surface area contributed by atoms with Gasteiger partial charge in [0.25, 0.3) is 0 Å². The van der Waals surface area contributed by atoms with Crippen LogP contribution in [0.2, 0.25) is 0 Å². The molecule has 3 rings (SSSR count). The summed E-state index contributed by atoms with van der Waals surface area (Å²) in [5, 5.41) is 14.2. The van der Waals surface area contributed by atoms with Crippen LogP contribution in [0, 0.1) is 0 Å². The Kier molecular flexibility index (Phi) is 2.11. The monoisotopic (exact) mass is 217 g/mol. The largest absolute Gasteiger partial charge is 0.388 e. The molecule has 1 atom stereocenters. The number of H-pyrrole nitrogens is 1. The average Bonchev–Trinajstić information content (AvgIpc) is 2.84. The molecule has 16 heavy (non-hydrogen) atoms. The molecular formula is C12H15N3O. The van der Waals surface area contributed by atoms with Crippen molar-refractivity contribution < 1.29 is 5.11 Å². The van der Waals surface area contributed by atoms with Crippen LogP contribution in [-0.2, 0) is 13.5 Å². The zero-order valence-corrected chi connectivity index (χ0v) is 9.27. The molecule has 4 heteroatoms. The summed E-state index contributed by atoms with van der Waals surface area (Å²) in [7, 11) is 1.92. The first kappa shape index (κ1) is 9.66. The number of rotatable bonds is 1. The zero-order chi connectivity index (χ0) is 11.1. The van der Waals surface area contributed by atoms with Crippen LogP contribution in [0.25, 0.3) is 11.3 Å². The fourth-order valence-electron chi connectivity index (χ4n) is 2.53. The summed E-state index contributed by atoms with van der Waals surface area (Å²) in [6.07, 6.45) is 6.37. The fourth-order valence-corrected chi connectivity index (χ4v) is 2.53. The summed E-state index contributed by atoms with van der Waals surface area (Å²) in [5.74, 6) is 0. The molecule has 1 unspecified atom stereocenters. The minimum absolute atomic E-state index is 0.333. The number of aromatic amines is 1. The van der Waals surface area contributed by atoms with Crippen molar-refractivity contribution >= 4 is 0 Å². The van der Waals surface area contributed by atoms with Gasteiger partial charge in [0.05, 0.1) is 11.8 Å². The van der Waals surface area contributed by atoms with E-state index in [2.05, 4.69) is 10.1 Å². The highest BCUT2D eigenvalue weighted by Gasteiger charge is 2.24. The Morgan fingerprint density at radius 1 is 1.56 bits per heavy atom. The van der Waals surface area contributed by atoms with E-state index in [-0.39, 0.29) is 6.10 Å². The molecule has 0 bridgehead atoms. The Balaban J connectivity index is 2.16. The lowest BCUT2D eigenvalue weighted by atomic mass is 9.91. The second kappa shape index (κ2) is 3.49. The van der Waals surface area contributed by atoms with Gasteiger partial charge in [-0.3, -0.25) is 4.68 Å². The van der Waals surface area contributed by atoms with E-state index in [0.29, 0.717) is 0 Å². The lowest BCUT2D eigenvalue weighted by Crippen LogP contribution is -2.09. The van der Waals surface area contributed by atoms with Gasteiger partial charge in [-0.25, -0.2) is 0 Å². The quantitative estimate of drug-likeness (QED) is 0.765. The molecule has 2 N–H and O–H groups in total. The van der Waals surface area contributed by atoms with E-state index < -0.39 is 0 Å². The molecule has 0 saturated heterocycles. The predicted octanol–water partition coefficient (Wildman–Crippen LogP) is 1.78. The van der Waals surface area contributed by atoms with Crippen molar-refractivity contribution in [2.45, 2.75) is 25.4 Å². The van der Waals surface area contributed by atoms with Gasteiger partial charge >= 0.3 is 0 Å². The topological polar surface area (TPSA) is 53.8 Å². The third-order valence-corrected chi connectivity index (χ3v) is 3.34. The van der Waals surface area contributed by atoms with Gasteiger partial charge in [-0.2, -0.15) is 5.10 Å². The van der Waals surface area contributed by atoms with Gasteiger partial charge in [0, 0.05) is 36.3 Å². The minimum Gasteiger partial charge on any atom is -0.388 e. The van der Waals surface area contributed by atoms with Gasteiger partial charge < -0.3 is 10.1 Å². The van der Waals surface area contributed by atoms with Crippen molar-refractivity contribution in [2.75, 3.05) is 0 Å². The number of fused-ring (bicyclic) bond motifs is 1. The average molecular weight is 217 g/mol. The van der Waals surface area contributed by atoms with Crippen LogP contribution >= 0.6 is 0 Å². The Hall–Kier alpha value is -1.55. The zero-order valence-electron chi connectivity index (χ0n) is 9.27. The number of hydrogen-bond donors (Lipinski definition) is 2. The lowest BCUT2D eigenvalue weighted by Gasteiger charge is -2.19. The maximum Gasteiger partial charge on any atom is 0.0814 e. The smallest absolute Gasteiger partial charge is 0.0814 e. The first-order valence-corrected chi connectivity index (χ1v) is 5.64. The second-order valence-corrected chi connectivity index (χ2v) is 4.34. The van der Waals surface area contributed by atoms with Crippen molar-refractivity contribution in [3.05, 3.63) is 29.7 Å². The maximum atomic E-state index is 10.1. The Labute approximate surface area is 93.9 Å². The van der Waals surface area contributed by atoms with E-state index in [4.69, 9.17) is 0 Å². The molecule has 0 fully saturated rings. The number of aryl methyl sites for hydroxylation is 2. The van der Waals surface area contributed by atoms with Crippen LogP contribution in [0.3, 0.4) is 0 Å². The molecule has 1 aliphatic carbocycles. The number of nitrogens with one attached hydrogen (secondary N) is 1. The summed E-state index contributed by atoms with van der Waals surface area (Å²) in [6.45, 7) is 0. The van der Waals surface area contributed by atoms with Crippen LogP contribution in [0.4, 0.5) is 0 Å². The van der Waals surface area contributed by atoms with Crippen molar-refractivity contribution in [1.29, 1.82) is 0 Å². The van der Waals surface area contributed by atoms with Gasteiger partial charge in [-0.15, -0.1) is 0 Å². The molecule has 0 radical (unpaired) electrons. The normalized spacial score (nSPS) is 19.8. The molecule has 0 spiro atoms. The number of aliphatic hydroxyl groups excluding tert-OH is 1. The molecule has 2 aromatic rings. The Bertz CT molecular complexity index is 512. The number of aliphatic hydroxyl groups is 1. The molecule has 1 aliphatic rings. The highest BCUT2D eigenvalue weighted by molar-refractivity contribution is 5.65. The SMILES string of the molecule is Cn1nccc1-c1c[nH]c2c1C(O)CCC2. The van der Waals surface area contributed by atoms with Crippen molar-refractivity contribution in [3.63, 3.8) is 0 Å². The van der Waals surface area contributed by atoms with Crippen molar-refractivity contribution in [1.82, 2.24) is 14.8 Å². The van der Waals surface area contributed by atoms with Gasteiger partial charge in [0.2, 0.25) is 0 Å².